The number of amides is 2. The number of nitrogens with one attached hydrogen (secondary N) is 1. The van der Waals surface area contributed by atoms with Gasteiger partial charge in [0.05, 0.1) is 5.69 Å². The lowest BCUT2D eigenvalue weighted by Gasteiger charge is -2.14. The monoisotopic (exact) mass is 360 g/mol. The molecule has 2 aromatic heterocycles. The van der Waals surface area contributed by atoms with Crippen molar-refractivity contribution in [3.05, 3.63) is 35.8 Å². The number of carbonyl (C=O) groups is 3. The molecule has 0 bridgehead atoms. The van der Waals surface area contributed by atoms with Crippen LogP contribution in [0.25, 0.3) is 5.65 Å². The maximum atomic E-state index is 12.4. The molecule has 2 aromatic rings. The van der Waals surface area contributed by atoms with E-state index in [0.29, 0.717) is 30.8 Å². The van der Waals surface area contributed by atoms with Gasteiger partial charge in [0.2, 0.25) is 5.91 Å². The van der Waals surface area contributed by atoms with Crippen molar-refractivity contribution in [3.8, 4) is 0 Å². The number of aromatic nitrogens is 2. The maximum absolute atomic E-state index is 12.4. The summed E-state index contributed by atoms with van der Waals surface area (Å²) in [7, 11) is 1.48. The first kappa shape index (κ1) is 19.4. The minimum absolute atomic E-state index is 0.168. The zero-order chi connectivity index (χ0) is 19.1. The lowest BCUT2D eigenvalue weighted by molar-refractivity contribution is -0.143. The summed E-state index contributed by atoms with van der Waals surface area (Å²) in [6.45, 7) is 2.03. The first-order chi connectivity index (χ1) is 12.4. The van der Waals surface area contributed by atoms with Gasteiger partial charge in [-0.15, -0.1) is 0 Å². The highest BCUT2D eigenvalue weighted by molar-refractivity contribution is 5.94. The zero-order valence-corrected chi connectivity index (χ0v) is 15.1. The number of unbranched alkanes of at least 4 members (excludes halogenated alkanes) is 2. The molecule has 8 nitrogen and oxygen atoms in total. The number of aryl methyl sites for hydroxylation is 1. The number of nitrogens with zero attached hydrogens (tertiary/aromatic N) is 3. The van der Waals surface area contributed by atoms with Crippen molar-refractivity contribution in [2.45, 2.75) is 32.6 Å². The van der Waals surface area contributed by atoms with Crippen molar-refractivity contribution in [2.75, 3.05) is 20.1 Å². The Morgan fingerprint density at radius 3 is 2.73 bits per heavy atom. The molecule has 2 heterocycles. The number of carbonyl (C=O) groups excluding carboxylic acids is 2. The topological polar surface area (TPSA) is 104 Å². The molecule has 0 saturated carbocycles. The molecule has 0 aromatic carbocycles. The molecular weight excluding hydrogens is 336 g/mol. The van der Waals surface area contributed by atoms with Gasteiger partial charge in [-0.3, -0.25) is 18.8 Å². The Kier molecular flexibility index (Phi) is 6.71. The highest BCUT2D eigenvalue weighted by Crippen LogP contribution is 2.11. The Labute approximate surface area is 151 Å². The van der Waals surface area contributed by atoms with E-state index in [1.165, 1.54) is 11.9 Å². The number of likely N-dealkylation sites (N-methyl/N-ethyl adjacent to an activating group) is 1. The van der Waals surface area contributed by atoms with Gasteiger partial charge >= 0.3 is 5.97 Å². The van der Waals surface area contributed by atoms with Crippen LogP contribution in [-0.2, 0) is 9.59 Å². The minimum atomic E-state index is -1.02. The van der Waals surface area contributed by atoms with Crippen LogP contribution in [0.5, 0.6) is 0 Å². The minimum Gasteiger partial charge on any atom is -0.480 e. The highest BCUT2D eigenvalue weighted by Gasteiger charge is 2.15. The summed E-state index contributed by atoms with van der Waals surface area (Å²) in [4.78, 5) is 40.2. The van der Waals surface area contributed by atoms with E-state index in [1.807, 2.05) is 24.4 Å². The Morgan fingerprint density at radius 2 is 2.00 bits per heavy atom. The van der Waals surface area contributed by atoms with Gasteiger partial charge in [-0.05, 0) is 31.9 Å². The summed E-state index contributed by atoms with van der Waals surface area (Å²) in [6, 6.07) is 5.57. The molecule has 2 rings (SSSR count). The average molecular weight is 360 g/mol. The number of fused-ring (bicyclic) bond motifs is 1. The summed E-state index contributed by atoms with van der Waals surface area (Å²) in [5.74, 6) is -1.37. The summed E-state index contributed by atoms with van der Waals surface area (Å²) < 4.78 is 1.77. The molecule has 0 aliphatic heterocycles. The third-order valence-corrected chi connectivity index (χ3v) is 4.07. The van der Waals surface area contributed by atoms with Crippen molar-refractivity contribution in [3.63, 3.8) is 0 Å². The molecule has 8 heteroatoms. The van der Waals surface area contributed by atoms with Crippen LogP contribution in [0.3, 0.4) is 0 Å². The van der Waals surface area contributed by atoms with E-state index >= 15 is 0 Å². The Balaban J connectivity index is 1.71. The summed E-state index contributed by atoms with van der Waals surface area (Å²) in [5.41, 5.74) is 1.95. The number of pyridine rings is 1. The first-order valence-electron chi connectivity index (χ1n) is 8.57. The molecule has 0 aliphatic rings. The third-order valence-electron chi connectivity index (χ3n) is 4.07. The number of carboxylic acid groups (broad SMARTS) is 1. The number of carboxylic acids is 1. The molecule has 2 amide bonds. The van der Waals surface area contributed by atoms with Gasteiger partial charge < -0.3 is 15.3 Å². The van der Waals surface area contributed by atoms with Crippen LogP contribution in [0.4, 0.5) is 0 Å². The van der Waals surface area contributed by atoms with Crippen LogP contribution in [0, 0.1) is 6.92 Å². The largest absolute Gasteiger partial charge is 0.480 e. The summed E-state index contributed by atoms with van der Waals surface area (Å²) >= 11 is 0. The maximum Gasteiger partial charge on any atom is 0.323 e. The van der Waals surface area contributed by atoms with E-state index in [2.05, 4.69) is 10.3 Å². The van der Waals surface area contributed by atoms with Gasteiger partial charge in [-0.2, -0.15) is 0 Å². The van der Waals surface area contributed by atoms with Crippen LogP contribution < -0.4 is 5.32 Å². The normalized spacial score (nSPS) is 10.7. The molecular formula is C18H24N4O4. The van der Waals surface area contributed by atoms with E-state index in [9.17, 15) is 14.4 Å². The molecule has 2 N–H and O–H groups in total. The number of hydrogen-bond acceptors (Lipinski definition) is 4. The van der Waals surface area contributed by atoms with Crippen LogP contribution >= 0.6 is 0 Å². The van der Waals surface area contributed by atoms with Crippen LogP contribution in [0.1, 0.15) is 41.9 Å². The number of imidazole rings is 1. The molecule has 0 unspecified atom stereocenters. The van der Waals surface area contributed by atoms with Crippen LogP contribution in [0.2, 0.25) is 0 Å². The number of hydrogen-bond donors (Lipinski definition) is 2. The zero-order valence-electron chi connectivity index (χ0n) is 15.1. The molecule has 0 saturated heterocycles. The second kappa shape index (κ2) is 8.98. The summed E-state index contributed by atoms with van der Waals surface area (Å²) in [6.07, 6.45) is 4.30. The average Bonchev–Trinajstić information content (AvgIpc) is 2.92. The lowest BCUT2D eigenvalue weighted by Crippen LogP contribution is -2.31. The summed E-state index contributed by atoms with van der Waals surface area (Å²) in [5, 5.41) is 11.5. The molecule has 0 fully saturated rings. The molecule has 26 heavy (non-hydrogen) atoms. The van der Waals surface area contributed by atoms with Gasteiger partial charge in [-0.1, -0.05) is 12.5 Å². The smallest absolute Gasteiger partial charge is 0.323 e. The van der Waals surface area contributed by atoms with Gasteiger partial charge in [-0.25, -0.2) is 4.98 Å². The van der Waals surface area contributed by atoms with Crippen molar-refractivity contribution in [1.29, 1.82) is 0 Å². The Bertz CT molecular complexity index is 800. The number of rotatable bonds is 9. The van der Waals surface area contributed by atoms with Crippen molar-refractivity contribution >= 4 is 23.4 Å². The predicted octanol–water partition coefficient (Wildman–Crippen LogP) is 1.48. The standard InChI is InChI=1S/C18H24N4O4/c1-13-17(22-11-7-5-8-14(22)20-13)18(26)19-10-6-3-4-9-15(23)21(2)12-16(24)25/h5,7-8,11H,3-4,6,9-10,12H2,1-2H3,(H,19,26)(H,24,25). The quantitative estimate of drug-likeness (QED) is 0.659. The fourth-order valence-corrected chi connectivity index (χ4v) is 2.73. The molecule has 0 spiro atoms. The van der Waals surface area contributed by atoms with E-state index in [-0.39, 0.29) is 18.4 Å². The van der Waals surface area contributed by atoms with Crippen molar-refractivity contribution in [2.24, 2.45) is 0 Å². The Morgan fingerprint density at radius 1 is 1.23 bits per heavy atom. The predicted molar refractivity (Wildman–Crippen MR) is 96.0 cm³/mol. The van der Waals surface area contributed by atoms with Gasteiger partial charge in [0.25, 0.3) is 5.91 Å². The fourth-order valence-electron chi connectivity index (χ4n) is 2.73. The fraction of sp³-hybridized carbons (Fsp3) is 0.444. The number of aliphatic carboxylic acids is 1. The third kappa shape index (κ3) is 5.05. The van der Waals surface area contributed by atoms with Crippen LogP contribution in [-0.4, -0.2) is 57.3 Å². The lowest BCUT2D eigenvalue weighted by atomic mass is 10.2. The molecule has 0 radical (unpaired) electrons. The van der Waals surface area contributed by atoms with Gasteiger partial charge in [0, 0.05) is 26.2 Å². The van der Waals surface area contributed by atoms with Gasteiger partial charge in [0.15, 0.2) is 0 Å². The Hall–Kier alpha value is -2.90. The van der Waals surface area contributed by atoms with E-state index in [0.717, 1.165) is 18.5 Å². The van der Waals surface area contributed by atoms with E-state index in [4.69, 9.17) is 5.11 Å². The molecule has 0 aliphatic carbocycles. The molecule has 0 atom stereocenters. The van der Waals surface area contributed by atoms with E-state index in [1.54, 1.807) is 11.3 Å². The van der Waals surface area contributed by atoms with Gasteiger partial charge in [0.1, 0.15) is 17.9 Å². The highest BCUT2D eigenvalue weighted by atomic mass is 16.4. The van der Waals surface area contributed by atoms with Crippen LogP contribution in [0.15, 0.2) is 24.4 Å². The van der Waals surface area contributed by atoms with E-state index < -0.39 is 5.97 Å². The molecule has 140 valence electrons. The first-order valence-corrected chi connectivity index (χ1v) is 8.57. The van der Waals surface area contributed by atoms with Crippen molar-refractivity contribution < 1.29 is 19.5 Å². The second-order valence-electron chi connectivity index (χ2n) is 6.18. The SMILES string of the molecule is Cc1nc2ccccn2c1C(=O)NCCCCCC(=O)N(C)CC(=O)O. The van der Waals surface area contributed by atoms with Crippen molar-refractivity contribution in [1.82, 2.24) is 19.6 Å². The second-order valence-corrected chi connectivity index (χ2v) is 6.18.